The van der Waals surface area contributed by atoms with Gasteiger partial charge >= 0.3 is 0 Å². The molecule has 1 fully saturated rings. The highest BCUT2D eigenvalue weighted by atomic mass is 35.5. The van der Waals surface area contributed by atoms with Crippen molar-refractivity contribution in [3.8, 4) is 0 Å². The molecule has 2 heterocycles. The van der Waals surface area contributed by atoms with Crippen LogP contribution in [-0.2, 0) is 0 Å². The summed E-state index contributed by atoms with van der Waals surface area (Å²) in [4.78, 5) is 19.2. The van der Waals surface area contributed by atoms with Crippen LogP contribution in [0.4, 0.5) is 0 Å². The van der Waals surface area contributed by atoms with E-state index < -0.39 is 0 Å². The Morgan fingerprint density at radius 2 is 2.39 bits per heavy atom. The number of carbonyl (C=O) groups is 1. The first-order chi connectivity index (χ1) is 8.22. The van der Waals surface area contributed by atoms with E-state index in [1.165, 1.54) is 17.8 Å². The molecule has 1 aromatic rings. The van der Waals surface area contributed by atoms with E-state index in [0.29, 0.717) is 12.6 Å². The van der Waals surface area contributed by atoms with Gasteiger partial charge in [-0.3, -0.25) is 4.79 Å². The van der Waals surface area contributed by atoms with Gasteiger partial charge in [0.05, 0.1) is 11.2 Å². The van der Waals surface area contributed by atoms with Crippen LogP contribution in [0.15, 0.2) is 6.20 Å². The Morgan fingerprint density at radius 1 is 1.61 bits per heavy atom. The van der Waals surface area contributed by atoms with Gasteiger partial charge in [-0.25, -0.2) is 4.98 Å². The van der Waals surface area contributed by atoms with Crippen LogP contribution in [0, 0.1) is 6.92 Å². The van der Waals surface area contributed by atoms with Crippen LogP contribution < -0.4 is 5.73 Å². The lowest BCUT2D eigenvalue weighted by atomic mass is 9.99. The van der Waals surface area contributed by atoms with Crippen molar-refractivity contribution in [1.82, 2.24) is 9.88 Å². The lowest BCUT2D eigenvalue weighted by Gasteiger charge is -2.35. The quantitative estimate of drug-likeness (QED) is 0.928. The van der Waals surface area contributed by atoms with E-state index in [0.717, 1.165) is 35.7 Å². The number of aromatic nitrogens is 1. The van der Waals surface area contributed by atoms with E-state index in [1.54, 1.807) is 6.20 Å². The first kappa shape index (κ1) is 15.4. The molecule has 2 N–H and O–H groups in total. The Kier molecular flexibility index (Phi) is 6.05. The standard InChI is InChI=1S/C12H19N3OS.ClH/c1-9-14-8-11(17-9)12(16)15-7-3-2-4-10(15)5-6-13;/h8,10H,2-7,13H2,1H3;1H. The molecule has 1 aliphatic rings. The Morgan fingerprint density at radius 3 is 3.00 bits per heavy atom. The average molecular weight is 290 g/mol. The fourth-order valence-corrected chi connectivity index (χ4v) is 3.10. The first-order valence-electron chi connectivity index (χ1n) is 6.16. The number of likely N-dealkylation sites (tertiary alicyclic amines) is 1. The second-order valence-corrected chi connectivity index (χ2v) is 5.70. The maximum Gasteiger partial charge on any atom is 0.265 e. The van der Waals surface area contributed by atoms with Crippen molar-refractivity contribution >= 4 is 29.7 Å². The van der Waals surface area contributed by atoms with E-state index in [4.69, 9.17) is 5.73 Å². The number of halogens is 1. The summed E-state index contributed by atoms with van der Waals surface area (Å²) in [5.74, 6) is 0.133. The molecule has 0 bridgehead atoms. The molecule has 0 spiro atoms. The molecule has 0 aromatic carbocycles. The molecule has 2 rings (SSSR count). The topological polar surface area (TPSA) is 59.2 Å². The van der Waals surface area contributed by atoms with Gasteiger partial charge in [0.15, 0.2) is 0 Å². The summed E-state index contributed by atoms with van der Waals surface area (Å²) in [7, 11) is 0. The number of piperidine rings is 1. The minimum absolute atomic E-state index is 0. The van der Waals surface area contributed by atoms with Crippen LogP contribution in [0.1, 0.15) is 40.4 Å². The predicted octanol–water partition coefficient (Wildman–Crippen LogP) is 2.22. The SMILES string of the molecule is Cc1ncc(C(=O)N2CCCCC2CCN)s1.Cl. The maximum absolute atomic E-state index is 12.4. The highest BCUT2D eigenvalue weighted by molar-refractivity contribution is 7.13. The number of carbonyl (C=O) groups excluding carboxylic acids is 1. The largest absolute Gasteiger partial charge is 0.335 e. The summed E-state index contributed by atoms with van der Waals surface area (Å²) >= 11 is 1.48. The summed E-state index contributed by atoms with van der Waals surface area (Å²) < 4.78 is 0. The van der Waals surface area contributed by atoms with Crippen molar-refractivity contribution in [2.24, 2.45) is 5.73 Å². The van der Waals surface area contributed by atoms with Gasteiger partial charge in [0, 0.05) is 12.6 Å². The summed E-state index contributed by atoms with van der Waals surface area (Å²) in [5.41, 5.74) is 5.62. The van der Waals surface area contributed by atoms with E-state index in [9.17, 15) is 4.79 Å². The maximum atomic E-state index is 12.4. The molecule has 102 valence electrons. The molecular formula is C12H20ClN3OS. The lowest BCUT2D eigenvalue weighted by molar-refractivity contribution is 0.0610. The number of amides is 1. The Labute approximate surface area is 118 Å². The molecule has 18 heavy (non-hydrogen) atoms. The molecule has 1 amide bonds. The van der Waals surface area contributed by atoms with Gasteiger partial charge in [-0.2, -0.15) is 0 Å². The molecule has 4 nitrogen and oxygen atoms in total. The number of nitrogens with two attached hydrogens (primary N) is 1. The van der Waals surface area contributed by atoms with Crippen LogP contribution in [0.25, 0.3) is 0 Å². The van der Waals surface area contributed by atoms with Crippen LogP contribution >= 0.6 is 23.7 Å². The van der Waals surface area contributed by atoms with Crippen molar-refractivity contribution in [3.63, 3.8) is 0 Å². The summed E-state index contributed by atoms with van der Waals surface area (Å²) in [6.45, 7) is 3.44. The van der Waals surface area contributed by atoms with E-state index in [1.807, 2.05) is 11.8 Å². The third-order valence-electron chi connectivity index (χ3n) is 3.22. The molecule has 0 aliphatic carbocycles. The molecule has 0 radical (unpaired) electrons. The Hall–Kier alpha value is -0.650. The lowest BCUT2D eigenvalue weighted by Crippen LogP contribution is -2.44. The van der Waals surface area contributed by atoms with Crippen molar-refractivity contribution in [2.45, 2.75) is 38.6 Å². The van der Waals surface area contributed by atoms with E-state index in [-0.39, 0.29) is 18.3 Å². The van der Waals surface area contributed by atoms with Crippen LogP contribution in [0.2, 0.25) is 0 Å². The molecule has 1 aliphatic heterocycles. The first-order valence-corrected chi connectivity index (χ1v) is 6.97. The third-order valence-corrected chi connectivity index (χ3v) is 4.12. The monoisotopic (exact) mass is 289 g/mol. The van der Waals surface area contributed by atoms with Crippen LogP contribution in [0.3, 0.4) is 0 Å². The van der Waals surface area contributed by atoms with Crippen LogP contribution in [0.5, 0.6) is 0 Å². The Bertz CT molecular complexity index is 394. The fraction of sp³-hybridized carbons (Fsp3) is 0.667. The number of hydrogen-bond acceptors (Lipinski definition) is 4. The Balaban J connectivity index is 0.00000162. The number of nitrogens with zero attached hydrogens (tertiary/aromatic N) is 2. The molecule has 1 atom stereocenters. The zero-order chi connectivity index (χ0) is 12.3. The fourth-order valence-electron chi connectivity index (χ4n) is 2.36. The van der Waals surface area contributed by atoms with Gasteiger partial charge in [0.1, 0.15) is 4.88 Å². The molecule has 1 aromatic heterocycles. The van der Waals surface area contributed by atoms with E-state index >= 15 is 0 Å². The highest BCUT2D eigenvalue weighted by Crippen LogP contribution is 2.23. The minimum Gasteiger partial charge on any atom is -0.335 e. The van der Waals surface area contributed by atoms with Gasteiger partial charge in [-0.15, -0.1) is 23.7 Å². The summed E-state index contributed by atoms with van der Waals surface area (Å²) in [6, 6.07) is 0.323. The second-order valence-electron chi connectivity index (χ2n) is 4.47. The van der Waals surface area contributed by atoms with Gasteiger partial charge in [0.25, 0.3) is 5.91 Å². The number of hydrogen-bond donors (Lipinski definition) is 1. The van der Waals surface area contributed by atoms with Gasteiger partial charge in [0.2, 0.25) is 0 Å². The number of thiazole rings is 1. The smallest absolute Gasteiger partial charge is 0.265 e. The molecular weight excluding hydrogens is 270 g/mol. The highest BCUT2D eigenvalue weighted by Gasteiger charge is 2.27. The summed E-state index contributed by atoms with van der Waals surface area (Å²) in [5, 5.41) is 0.945. The average Bonchev–Trinajstić information content (AvgIpc) is 2.76. The zero-order valence-corrected chi connectivity index (χ0v) is 12.2. The minimum atomic E-state index is 0. The van der Waals surface area contributed by atoms with Gasteiger partial charge in [-0.1, -0.05) is 0 Å². The zero-order valence-electron chi connectivity index (χ0n) is 10.6. The van der Waals surface area contributed by atoms with Gasteiger partial charge in [-0.05, 0) is 39.2 Å². The molecule has 1 saturated heterocycles. The third kappa shape index (κ3) is 3.43. The van der Waals surface area contributed by atoms with Crippen molar-refractivity contribution in [1.29, 1.82) is 0 Å². The van der Waals surface area contributed by atoms with Crippen molar-refractivity contribution in [3.05, 3.63) is 16.1 Å². The van der Waals surface area contributed by atoms with E-state index in [2.05, 4.69) is 4.98 Å². The molecule has 6 heteroatoms. The normalized spacial score (nSPS) is 19.4. The summed E-state index contributed by atoms with van der Waals surface area (Å²) in [6.07, 6.45) is 5.99. The molecule has 0 saturated carbocycles. The number of rotatable bonds is 3. The number of aryl methyl sites for hydroxylation is 1. The second kappa shape index (κ2) is 7.07. The predicted molar refractivity (Wildman–Crippen MR) is 76.4 cm³/mol. The van der Waals surface area contributed by atoms with Crippen molar-refractivity contribution in [2.75, 3.05) is 13.1 Å². The van der Waals surface area contributed by atoms with Crippen molar-refractivity contribution < 1.29 is 4.79 Å². The van der Waals surface area contributed by atoms with Crippen LogP contribution in [-0.4, -0.2) is 34.9 Å². The molecule has 1 unspecified atom stereocenters. The van der Waals surface area contributed by atoms with Gasteiger partial charge < -0.3 is 10.6 Å².